The van der Waals surface area contributed by atoms with Crippen molar-refractivity contribution in [1.29, 1.82) is 0 Å². The summed E-state index contributed by atoms with van der Waals surface area (Å²) < 4.78 is 5.50. The highest BCUT2D eigenvalue weighted by atomic mass is 32.1. The predicted octanol–water partition coefficient (Wildman–Crippen LogP) is 3.19. The van der Waals surface area contributed by atoms with Crippen LogP contribution in [0.4, 0.5) is 0 Å². The van der Waals surface area contributed by atoms with E-state index < -0.39 is 0 Å². The van der Waals surface area contributed by atoms with Crippen molar-refractivity contribution in [2.24, 2.45) is 0 Å². The van der Waals surface area contributed by atoms with Gasteiger partial charge in [0.1, 0.15) is 6.10 Å². The Morgan fingerprint density at radius 3 is 2.44 bits per heavy atom. The van der Waals surface area contributed by atoms with E-state index in [-0.39, 0.29) is 17.9 Å². The standard InChI is InChI=1S/C21H24N2O3S/c1-15-14-18(27-19(15)16-6-3-2-4-7-16)21(25)23-11-9-22(10-12-23)20(24)17-8-5-13-26-17/h2-4,6-7,14,17H,5,8-13H2,1H3/t17-/m1/s1. The number of nitrogens with zero attached hydrogens (tertiary/aromatic N) is 2. The SMILES string of the molecule is Cc1cc(C(=O)N2CCN(C(=O)[C@H]3CCCO3)CC2)sc1-c1ccccc1. The Bertz CT molecular complexity index is 819. The van der Waals surface area contributed by atoms with Gasteiger partial charge in [-0.15, -0.1) is 11.3 Å². The first kappa shape index (κ1) is 18.2. The van der Waals surface area contributed by atoms with Crippen molar-refractivity contribution in [3.63, 3.8) is 0 Å². The molecule has 1 aromatic carbocycles. The summed E-state index contributed by atoms with van der Waals surface area (Å²) in [6, 6.07) is 12.2. The highest BCUT2D eigenvalue weighted by Gasteiger charge is 2.31. The maximum Gasteiger partial charge on any atom is 0.264 e. The second kappa shape index (κ2) is 7.82. The highest BCUT2D eigenvalue weighted by molar-refractivity contribution is 7.17. The van der Waals surface area contributed by atoms with E-state index in [9.17, 15) is 9.59 Å². The van der Waals surface area contributed by atoms with Crippen LogP contribution in [0, 0.1) is 6.92 Å². The molecule has 3 heterocycles. The van der Waals surface area contributed by atoms with Gasteiger partial charge in [-0.3, -0.25) is 9.59 Å². The Morgan fingerprint density at radius 1 is 1.07 bits per heavy atom. The number of rotatable bonds is 3. The van der Waals surface area contributed by atoms with Gasteiger partial charge in [0.25, 0.3) is 11.8 Å². The first-order valence-electron chi connectivity index (χ1n) is 9.49. The van der Waals surface area contributed by atoms with E-state index in [1.54, 1.807) is 11.3 Å². The van der Waals surface area contributed by atoms with Crippen LogP contribution in [0.5, 0.6) is 0 Å². The summed E-state index contributed by atoms with van der Waals surface area (Å²) in [7, 11) is 0. The van der Waals surface area contributed by atoms with Gasteiger partial charge in [-0.1, -0.05) is 30.3 Å². The minimum Gasteiger partial charge on any atom is -0.368 e. The van der Waals surface area contributed by atoms with Gasteiger partial charge in [-0.25, -0.2) is 0 Å². The molecule has 0 unspecified atom stereocenters. The molecule has 27 heavy (non-hydrogen) atoms. The number of hydrogen-bond donors (Lipinski definition) is 0. The van der Waals surface area contributed by atoms with Crippen LogP contribution >= 0.6 is 11.3 Å². The molecule has 5 nitrogen and oxygen atoms in total. The number of benzene rings is 1. The molecule has 0 bridgehead atoms. The topological polar surface area (TPSA) is 49.9 Å². The van der Waals surface area contributed by atoms with Gasteiger partial charge >= 0.3 is 0 Å². The zero-order valence-electron chi connectivity index (χ0n) is 15.5. The predicted molar refractivity (Wildman–Crippen MR) is 106 cm³/mol. The molecule has 142 valence electrons. The maximum absolute atomic E-state index is 12.9. The van der Waals surface area contributed by atoms with Crippen LogP contribution in [-0.4, -0.2) is 60.5 Å². The van der Waals surface area contributed by atoms with Crippen LogP contribution in [0.25, 0.3) is 10.4 Å². The van der Waals surface area contributed by atoms with Crippen molar-refractivity contribution in [2.75, 3.05) is 32.8 Å². The number of carbonyl (C=O) groups excluding carboxylic acids is 2. The van der Waals surface area contributed by atoms with Crippen LogP contribution in [-0.2, 0) is 9.53 Å². The zero-order valence-corrected chi connectivity index (χ0v) is 16.3. The van der Waals surface area contributed by atoms with Gasteiger partial charge in [-0.05, 0) is 37.0 Å². The number of aryl methyl sites for hydroxylation is 1. The number of amides is 2. The highest BCUT2D eigenvalue weighted by Crippen LogP contribution is 2.33. The molecule has 2 aromatic rings. The Morgan fingerprint density at radius 2 is 1.78 bits per heavy atom. The smallest absolute Gasteiger partial charge is 0.264 e. The fraction of sp³-hybridized carbons (Fsp3) is 0.429. The normalized spacial score (nSPS) is 20.1. The summed E-state index contributed by atoms with van der Waals surface area (Å²) in [5, 5.41) is 0. The molecule has 1 atom stereocenters. The summed E-state index contributed by atoms with van der Waals surface area (Å²) in [5.41, 5.74) is 2.27. The van der Waals surface area contributed by atoms with E-state index in [4.69, 9.17) is 4.74 Å². The fourth-order valence-corrected chi connectivity index (χ4v) is 4.87. The summed E-state index contributed by atoms with van der Waals surface area (Å²) in [5.74, 6) is 0.146. The number of piperazine rings is 1. The van der Waals surface area contributed by atoms with E-state index in [1.165, 1.54) is 0 Å². The Labute approximate surface area is 163 Å². The third kappa shape index (κ3) is 3.77. The van der Waals surface area contributed by atoms with Crippen LogP contribution in [0.3, 0.4) is 0 Å². The lowest BCUT2D eigenvalue weighted by Crippen LogP contribution is -2.52. The molecule has 0 saturated carbocycles. The second-order valence-electron chi connectivity index (χ2n) is 7.11. The Kier molecular flexibility index (Phi) is 5.27. The molecule has 0 aliphatic carbocycles. The van der Waals surface area contributed by atoms with Gasteiger partial charge in [0.2, 0.25) is 0 Å². The molecule has 6 heteroatoms. The van der Waals surface area contributed by atoms with Gasteiger partial charge in [-0.2, -0.15) is 0 Å². The van der Waals surface area contributed by atoms with Crippen molar-refractivity contribution in [1.82, 2.24) is 9.80 Å². The summed E-state index contributed by atoms with van der Waals surface area (Å²) in [6.45, 7) is 5.05. The van der Waals surface area contributed by atoms with Crippen LogP contribution < -0.4 is 0 Å². The van der Waals surface area contributed by atoms with Gasteiger partial charge in [0, 0.05) is 37.7 Å². The van der Waals surface area contributed by atoms with Crippen molar-refractivity contribution < 1.29 is 14.3 Å². The van der Waals surface area contributed by atoms with Gasteiger partial charge < -0.3 is 14.5 Å². The van der Waals surface area contributed by atoms with Crippen LogP contribution in [0.15, 0.2) is 36.4 Å². The molecule has 2 aliphatic rings. The number of ether oxygens (including phenoxy) is 1. The molecule has 2 fully saturated rings. The van der Waals surface area contributed by atoms with E-state index in [2.05, 4.69) is 12.1 Å². The Balaban J connectivity index is 1.40. The van der Waals surface area contributed by atoms with Crippen LogP contribution in [0.2, 0.25) is 0 Å². The molecule has 4 rings (SSSR count). The quantitative estimate of drug-likeness (QED) is 0.817. The average molecular weight is 385 g/mol. The monoisotopic (exact) mass is 384 g/mol. The van der Waals surface area contributed by atoms with E-state index >= 15 is 0 Å². The number of carbonyl (C=O) groups is 2. The van der Waals surface area contributed by atoms with Crippen molar-refractivity contribution in [2.45, 2.75) is 25.9 Å². The van der Waals surface area contributed by atoms with E-state index in [0.29, 0.717) is 32.8 Å². The number of hydrogen-bond acceptors (Lipinski definition) is 4. The van der Waals surface area contributed by atoms with Crippen molar-refractivity contribution in [3.8, 4) is 10.4 Å². The molecular formula is C21H24N2O3S. The maximum atomic E-state index is 12.9. The minimum absolute atomic E-state index is 0.0643. The molecule has 2 saturated heterocycles. The molecule has 0 spiro atoms. The lowest BCUT2D eigenvalue weighted by atomic mass is 10.1. The van der Waals surface area contributed by atoms with E-state index in [0.717, 1.165) is 33.7 Å². The Hall–Kier alpha value is -2.18. The zero-order chi connectivity index (χ0) is 18.8. The van der Waals surface area contributed by atoms with E-state index in [1.807, 2.05) is 41.0 Å². The lowest BCUT2D eigenvalue weighted by molar-refractivity contribution is -0.142. The molecule has 0 radical (unpaired) electrons. The fourth-order valence-electron chi connectivity index (χ4n) is 3.73. The first-order valence-corrected chi connectivity index (χ1v) is 10.3. The summed E-state index contributed by atoms with van der Waals surface area (Å²) in [6.07, 6.45) is 1.49. The third-order valence-electron chi connectivity index (χ3n) is 5.25. The molecular weight excluding hydrogens is 360 g/mol. The first-order chi connectivity index (χ1) is 13.1. The summed E-state index contributed by atoms with van der Waals surface area (Å²) >= 11 is 1.55. The molecule has 0 N–H and O–H groups in total. The third-order valence-corrected chi connectivity index (χ3v) is 6.52. The minimum atomic E-state index is -0.277. The van der Waals surface area contributed by atoms with Gasteiger partial charge in [0.15, 0.2) is 0 Å². The number of thiophene rings is 1. The van der Waals surface area contributed by atoms with Crippen LogP contribution in [0.1, 0.15) is 28.1 Å². The van der Waals surface area contributed by atoms with Crippen molar-refractivity contribution >= 4 is 23.2 Å². The largest absolute Gasteiger partial charge is 0.368 e. The second-order valence-corrected chi connectivity index (χ2v) is 8.16. The molecule has 2 amide bonds. The molecule has 2 aliphatic heterocycles. The molecule has 1 aromatic heterocycles. The van der Waals surface area contributed by atoms with Crippen molar-refractivity contribution in [3.05, 3.63) is 46.8 Å². The van der Waals surface area contributed by atoms with Gasteiger partial charge in [0.05, 0.1) is 4.88 Å². The average Bonchev–Trinajstić information content (AvgIpc) is 3.38. The summed E-state index contributed by atoms with van der Waals surface area (Å²) in [4.78, 5) is 31.0. The lowest BCUT2D eigenvalue weighted by Gasteiger charge is -2.35.